The summed E-state index contributed by atoms with van der Waals surface area (Å²) in [6, 6.07) is 6.71. The Morgan fingerprint density at radius 3 is 2.46 bits per heavy atom. The van der Waals surface area contributed by atoms with Crippen LogP contribution in [0.25, 0.3) is 0 Å². The van der Waals surface area contributed by atoms with Crippen molar-refractivity contribution in [3.8, 4) is 0 Å². The number of benzene rings is 1. The van der Waals surface area contributed by atoms with Crippen molar-refractivity contribution in [1.29, 1.82) is 0 Å². The SMILES string of the molecule is O=C(c1cc2n(n1)CCN(c1ccc(Cl)c(Cl)c1)C2=O)N1CCCCC1. The van der Waals surface area contributed by atoms with Crippen LogP contribution in [0.2, 0.25) is 10.0 Å². The van der Waals surface area contributed by atoms with E-state index in [-0.39, 0.29) is 11.8 Å². The van der Waals surface area contributed by atoms with Crippen molar-refractivity contribution in [1.82, 2.24) is 14.7 Å². The van der Waals surface area contributed by atoms with E-state index in [1.807, 2.05) is 4.90 Å². The molecule has 0 unspecified atom stereocenters. The molecular weight excluding hydrogens is 375 g/mol. The van der Waals surface area contributed by atoms with Gasteiger partial charge in [0.1, 0.15) is 5.69 Å². The molecule has 1 fully saturated rings. The van der Waals surface area contributed by atoms with Crippen LogP contribution in [0.1, 0.15) is 40.2 Å². The van der Waals surface area contributed by atoms with E-state index in [0.29, 0.717) is 40.2 Å². The van der Waals surface area contributed by atoms with E-state index in [0.717, 1.165) is 32.4 Å². The number of anilines is 1. The maximum atomic E-state index is 12.9. The standard InChI is InChI=1S/C18H18Cl2N4O2/c19-13-5-4-12(10-14(13)20)23-8-9-24-16(18(23)26)11-15(21-24)17(25)22-6-2-1-3-7-22/h4-5,10-11H,1-3,6-9H2. The number of carbonyl (C=O) groups is 2. The molecule has 136 valence electrons. The summed E-state index contributed by atoms with van der Waals surface area (Å²) < 4.78 is 1.62. The Kier molecular flexibility index (Phi) is 4.63. The number of fused-ring (bicyclic) bond motifs is 1. The largest absolute Gasteiger partial charge is 0.337 e. The Morgan fingerprint density at radius 1 is 0.962 bits per heavy atom. The van der Waals surface area contributed by atoms with Gasteiger partial charge in [-0.15, -0.1) is 0 Å². The van der Waals surface area contributed by atoms with Crippen molar-refractivity contribution in [2.45, 2.75) is 25.8 Å². The average molecular weight is 393 g/mol. The molecule has 0 atom stereocenters. The Hall–Kier alpha value is -2.05. The lowest BCUT2D eigenvalue weighted by atomic mass is 10.1. The third kappa shape index (κ3) is 3.08. The Morgan fingerprint density at radius 2 is 1.73 bits per heavy atom. The predicted molar refractivity (Wildman–Crippen MR) is 100 cm³/mol. The van der Waals surface area contributed by atoms with Gasteiger partial charge in [0, 0.05) is 31.4 Å². The van der Waals surface area contributed by atoms with Crippen LogP contribution in [0.15, 0.2) is 24.3 Å². The van der Waals surface area contributed by atoms with Crippen molar-refractivity contribution in [2.24, 2.45) is 0 Å². The van der Waals surface area contributed by atoms with E-state index >= 15 is 0 Å². The van der Waals surface area contributed by atoms with Crippen LogP contribution in [0.5, 0.6) is 0 Å². The smallest absolute Gasteiger partial charge is 0.276 e. The van der Waals surface area contributed by atoms with Crippen LogP contribution < -0.4 is 4.90 Å². The molecule has 1 aromatic heterocycles. The van der Waals surface area contributed by atoms with Gasteiger partial charge in [-0.05, 0) is 37.5 Å². The summed E-state index contributed by atoms with van der Waals surface area (Å²) in [5, 5.41) is 5.21. The van der Waals surface area contributed by atoms with Crippen LogP contribution in [0, 0.1) is 0 Å². The molecule has 0 bridgehead atoms. The van der Waals surface area contributed by atoms with Gasteiger partial charge < -0.3 is 9.80 Å². The fourth-order valence-electron chi connectivity index (χ4n) is 3.46. The van der Waals surface area contributed by atoms with Crippen molar-refractivity contribution in [3.05, 3.63) is 45.7 Å². The lowest BCUT2D eigenvalue weighted by molar-refractivity contribution is 0.0717. The number of rotatable bonds is 2. The van der Waals surface area contributed by atoms with Crippen LogP contribution in [0.4, 0.5) is 5.69 Å². The second-order valence-electron chi connectivity index (χ2n) is 6.55. The third-order valence-corrected chi connectivity index (χ3v) is 5.60. The Bertz CT molecular complexity index is 874. The van der Waals surface area contributed by atoms with Gasteiger partial charge in [0.15, 0.2) is 5.69 Å². The zero-order valence-electron chi connectivity index (χ0n) is 14.1. The summed E-state index contributed by atoms with van der Waals surface area (Å²) in [5.74, 6) is -0.291. The highest BCUT2D eigenvalue weighted by Gasteiger charge is 2.30. The minimum absolute atomic E-state index is 0.0968. The van der Waals surface area contributed by atoms with E-state index in [9.17, 15) is 9.59 Å². The first kappa shape index (κ1) is 17.4. The van der Waals surface area contributed by atoms with Crippen molar-refractivity contribution in [2.75, 3.05) is 24.5 Å². The average Bonchev–Trinajstić information content (AvgIpc) is 3.10. The van der Waals surface area contributed by atoms with Gasteiger partial charge in [0.05, 0.1) is 16.6 Å². The van der Waals surface area contributed by atoms with E-state index in [4.69, 9.17) is 23.2 Å². The second kappa shape index (κ2) is 6.93. The summed E-state index contributed by atoms with van der Waals surface area (Å²) in [6.07, 6.45) is 3.19. The molecule has 6 nitrogen and oxygen atoms in total. The Balaban J connectivity index is 1.59. The molecule has 8 heteroatoms. The van der Waals surface area contributed by atoms with Gasteiger partial charge >= 0.3 is 0 Å². The summed E-state index contributed by atoms with van der Waals surface area (Å²) >= 11 is 12.0. The molecule has 0 radical (unpaired) electrons. The highest BCUT2D eigenvalue weighted by Crippen LogP contribution is 2.29. The molecule has 0 spiro atoms. The van der Waals surface area contributed by atoms with Crippen LogP contribution in [-0.2, 0) is 6.54 Å². The monoisotopic (exact) mass is 392 g/mol. The molecule has 4 rings (SSSR count). The van der Waals surface area contributed by atoms with Crippen molar-refractivity contribution < 1.29 is 9.59 Å². The minimum atomic E-state index is -0.195. The molecule has 1 saturated heterocycles. The Labute approximate surface area is 161 Å². The number of carbonyl (C=O) groups excluding carboxylic acids is 2. The maximum absolute atomic E-state index is 12.9. The molecule has 1 aromatic carbocycles. The van der Waals surface area contributed by atoms with Crippen molar-refractivity contribution >= 4 is 40.7 Å². The molecule has 2 amide bonds. The molecule has 3 heterocycles. The fourth-order valence-corrected chi connectivity index (χ4v) is 3.75. The predicted octanol–water partition coefficient (Wildman–Crippen LogP) is 3.48. The first-order chi connectivity index (χ1) is 12.5. The summed E-state index contributed by atoms with van der Waals surface area (Å²) in [6.45, 7) is 2.49. The van der Waals surface area contributed by atoms with E-state index in [1.165, 1.54) is 0 Å². The number of nitrogens with zero attached hydrogens (tertiary/aromatic N) is 4. The summed E-state index contributed by atoms with van der Waals surface area (Å²) in [5.41, 5.74) is 1.44. The fraction of sp³-hybridized carbons (Fsp3) is 0.389. The first-order valence-corrected chi connectivity index (χ1v) is 9.44. The number of halogens is 2. The molecule has 2 aromatic rings. The zero-order chi connectivity index (χ0) is 18.3. The minimum Gasteiger partial charge on any atom is -0.337 e. The lowest BCUT2D eigenvalue weighted by Gasteiger charge is -2.27. The van der Waals surface area contributed by atoms with E-state index in [1.54, 1.807) is 33.8 Å². The maximum Gasteiger partial charge on any atom is 0.276 e. The number of hydrogen-bond donors (Lipinski definition) is 0. The third-order valence-electron chi connectivity index (χ3n) is 4.86. The van der Waals surface area contributed by atoms with Crippen LogP contribution in [0.3, 0.4) is 0 Å². The van der Waals surface area contributed by atoms with Gasteiger partial charge in [0.2, 0.25) is 0 Å². The quantitative estimate of drug-likeness (QED) is 0.785. The topological polar surface area (TPSA) is 58.4 Å². The number of likely N-dealkylation sites (tertiary alicyclic amines) is 1. The number of amides is 2. The van der Waals surface area contributed by atoms with E-state index in [2.05, 4.69) is 5.10 Å². The molecule has 0 saturated carbocycles. The van der Waals surface area contributed by atoms with Gasteiger partial charge in [-0.1, -0.05) is 23.2 Å². The summed E-state index contributed by atoms with van der Waals surface area (Å²) in [7, 11) is 0. The molecule has 0 N–H and O–H groups in total. The highest BCUT2D eigenvalue weighted by molar-refractivity contribution is 6.42. The lowest BCUT2D eigenvalue weighted by Crippen LogP contribution is -2.40. The van der Waals surface area contributed by atoms with Crippen LogP contribution >= 0.6 is 23.2 Å². The number of aromatic nitrogens is 2. The van der Waals surface area contributed by atoms with Gasteiger partial charge in [-0.2, -0.15) is 5.10 Å². The first-order valence-electron chi connectivity index (χ1n) is 8.68. The van der Waals surface area contributed by atoms with Gasteiger partial charge in [-0.3, -0.25) is 14.3 Å². The molecule has 0 aliphatic carbocycles. The molecule has 26 heavy (non-hydrogen) atoms. The van der Waals surface area contributed by atoms with Crippen LogP contribution in [-0.4, -0.2) is 46.1 Å². The summed E-state index contributed by atoms with van der Waals surface area (Å²) in [4.78, 5) is 29.0. The molecular formula is C18H18Cl2N4O2. The van der Waals surface area contributed by atoms with E-state index < -0.39 is 0 Å². The zero-order valence-corrected chi connectivity index (χ0v) is 15.6. The normalized spacial score (nSPS) is 17.4. The second-order valence-corrected chi connectivity index (χ2v) is 7.36. The highest BCUT2D eigenvalue weighted by atomic mass is 35.5. The van der Waals surface area contributed by atoms with Crippen molar-refractivity contribution in [3.63, 3.8) is 0 Å². The number of piperidine rings is 1. The number of hydrogen-bond acceptors (Lipinski definition) is 3. The van der Waals surface area contributed by atoms with Gasteiger partial charge in [0.25, 0.3) is 11.8 Å². The van der Waals surface area contributed by atoms with Gasteiger partial charge in [-0.25, -0.2) is 0 Å². The molecule has 2 aliphatic heterocycles. The molecule has 2 aliphatic rings.